The zero-order chi connectivity index (χ0) is 24.4. The monoisotopic (exact) mass is 455 g/mol. The van der Waals surface area contributed by atoms with Gasteiger partial charge < -0.3 is 32.1 Å². The van der Waals surface area contributed by atoms with Gasteiger partial charge in [-0.3, -0.25) is 14.4 Å². The second-order valence-electron chi connectivity index (χ2n) is 9.02. The SMILES string of the molecule is CCC(C)C(N)C(=O)NC(CCCCN)C(=O)N1CCCC1C(=O)NC(C(=O)O)C(C)C. The van der Waals surface area contributed by atoms with Crippen LogP contribution in [0.4, 0.5) is 0 Å². The Kier molecular flexibility index (Phi) is 11.6. The summed E-state index contributed by atoms with van der Waals surface area (Å²) in [6, 6.07) is -3.34. The molecule has 0 bridgehead atoms. The van der Waals surface area contributed by atoms with E-state index in [-0.39, 0.29) is 17.7 Å². The van der Waals surface area contributed by atoms with Crippen molar-refractivity contribution in [3.63, 3.8) is 0 Å². The van der Waals surface area contributed by atoms with Gasteiger partial charge in [0.2, 0.25) is 17.7 Å². The molecule has 0 aromatic heterocycles. The van der Waals surface area contributed by atoms with Crippen LogP contribution in [0.15, 0.2) is 0 Å². The van der Waals surface area contributed by atoms with Crippen LogP contribution in [-0.4, -0.2) is 71.0 Å². The first-order valence-electron chi connectivity index (χ1n) is 11.6. The summed E-state index contributed by atoms with van der Waals surface area (Å²) in [6.45, 7) is 8.08. The normalized spacial score (nSPS) is 19.8. The number of carbonyl (C=O) groups excluding carboxylic acids is 3. The molecule has 3 amide bonds. The third-order valence-corrected chi connectivity index (χ3v) is 6.19. The van der Waals surface area contributed by atoms with E-state index in [1.807, 2.05) is 13.8 Å². The second kappa shape index (κ2) is 13.4. The van der Waals surface area contributed by atoms with E-state index >= 15 is 0 Å². The fraction of sp³-hybridized carbons (Fsp3) is 0.818. The summed E-state index contributed by atoms with van der Waals surface area (Å²) in [5.74, 6) is -2.68. The van der Waals surface area contributed by atoms with Crippen LogP contribution in [0.1, 0.15) is 66.2 Å². The third kappa shape index (κ3) is 7.74. The highest BCUT2D eigenvalue weighted by molar-refractivity contribution is 5.94. The van der Waals surface area contributed by atoms with E-state index in [1.165, 1.54) is 4.90 Å². The maximum Gasteiger partial charge on any atom is 0.326 e. The van der Waals surface area contributed by atoms with Crippen LogP contribution in [0, 0.1) is 11.8 Å². The summed E-state index contributed by atoms with van der Waals surface area (Å²) < 4.78 is 0. The zero-order valence-electron chi connectivity index (χ0n) is 19.8. The molecule has 1 saturated heterocycles. The molecule has 7 N–H and O–H groups in total. The van der Waals surface area contributed by atoms with Gasteiger partial charge in [0.25, 0.3) is 0 Å². The number of carbonyl (C=O) groups is 4. The predicted octanol–water partition coefficient (Wildman–Crippen LogP) is 0.190. The van der Waals surface area contributed by atoms with Crippen LogP contribution in [0.5, 0.6) is 0 Å². The number of carboxylic acid groups (broad SMARTS) is 1. The molecule has 0 aromatic rings. The molecule has 32 heavy (non-hydrogen) atoms. The maximum absolute atomic E-state index is 13.3. The first-order valence-corrected chi connectivity index (χ1v) is 11.6. The van der Waals surface area contributed by atoms with Gasteiger partial charge in [-0.05, 0) is 50.5 Å². The minimum absolute atomic E-state index is 0.0379. The highest BCUT2D eigenvalue weighted by atomic mass is 16.4. The lowest BCUT2D eigenvalue weighted by atomic mass is 9.98. The molecule has 10 nitrogen and oxygen atoms in total. The Morgan fingerprint density at radius 3 is 2.31 bits per heavy atom. The quantitative estimate of drug-likeness (QED) is 0.247. The standard InChI is InChI=1S/C22H41N5O5/c1-5-14(4)17(24)20(29)25-15(9-6-7-11-23)21(30)27-12-8-10-16(27)19(28)26-18(13(2)3)22(31)32/h13-18H,5-12,23-24H2,1-4H3,(H,25,29)(H,26,28)(H,31,32). The minimum Gasteiger partial charge on any atom is -0.480 e. The van der Waals surface area contributed by atoms with Gasteiger partial charge in [0.15, 0.2) is 0 Å². The largest absolute Gasteiger partial charge is 0.480 e. The van der Waals surface area contributed by atoms with Gasteiger partial charge in [0, 0.05) is 6.54 Å². The molecule has 1 rings (SSSR count). The van der Waals surface area contributed by atoms with Crippen molar-refractivity contribution in [1.29, 1.82) is 0 Å². The highest BCUT2D eigenvalue weighted by Gasteiger charge is 2.39. The molecule has 5 unspecified atom stereocenters. The van der Waals surface area contributed by atoms with E-state index in [0.717, 1.165) is 6.42 Å². The molecule has 184 valence electrons. The summed E-state index contributed by atoms with van der Waals surface area (Å²) in [4.78, 5) is 51.7. The Hall–Kier alpha value is -2.20. The van der Waals surface area contributed by atoms with Crippen molar-refractivity contribution in [2.24, 2.45) is 23.3 Å². The first-order chi connectivity index (χ1) is 15.0. The van der Waals surface area contributed by atoms with Crippen LogP contribution in [0.25, 0.3) is 0 Å². The zero-order valence-corrected chi connectivity index (χ0v) is 19.8. The number of aliphatic carboxylic acids is 1. The topological polar surface area (TPSA) is 168 Å². The molecule has 0 aromatic carbocycles. The van der Waals surface area contributed by atoms with Crippen molar-refractivity contribution in [3.05, 3.63) is 0 Å². The second-order valence-corrected chi connectivity index (χ2v) is 9.02. The van der Waals surface area contributed by atoms with Gasteiger partial charge in [0.05, 0.1) is 6.04 Å². The Morgan fingerprint density at radius 2 is 1.78 bits per heavy atom. The minimum atomic E-state index is -1.12. The molecule has 1 fully saturated rings. The Labute approximate surface area is 190 Å². The molecule has 0 spiro atoms. The van der Waals surface area contributed by atoms with Crippen molar-refractivity contribution in [2.45, 2.75) is 90.4 Å². The summed E-state index contributed by atoms with van der Waals surface area (Å²) in [5, 5.41) is 14.7. The fourth-order valence-corrected chi connectivity index (χ4v) is 3.80. The average Bonchev–Trinajstić information content (AvgIpc) is 3.24. The summed E-state index contributed by atoms with van der Waals surface area (Å²) in [7, 11) is 0. The number of carboxylic acids is 1. The summed E-state index contributed by atoms with van der Waals surface area (Å²) in [6.07, 6.45) is 3.54. The Balaban J connectivity index is 2.97. The van der Waals surface area contributed by atoms with Gasteiger partial charge in [-0.1, -0.05) is 34.1 Å². The number of unbranched alkanes of at least 4 members (excludes halogenated alkanes) is 1. The van der Waals surface area contributed by atoms with E-state index in [4.69, 9.17) is 11.5 Å². The average molecular weight is 456 g/mol. The molecule has 0 aliphatic carbocycles. The molecule has 0 saturated carbocycles. The lowest BCUT2D eigenvalue weighted by molar-refractivity contribution is -0.146. The molecule has 0 radical (unpaired) electrons. The molecular weight excluding hydrogens is 414 g/mol. The van der Waals surface area contributed by atoms with Gasteiger partial charge >= 0.3 is 5.97 Å². The molecule has 1 aliphatic heterocycles. The van der Waals surface area contributed by atoms with E-state index in [9.17, 15) is 24.3 Å². The number of nitrogens with one attached hydrogen (secondary N) is 2. The van der Waals surface area contributed by atoms with Crippen molar-refractivity contribution < 1.29 is 24.3 Å². The van der Waals surface area contributed by atoms with Gasteiger partial charge in [-0.25, -0.2) is 4.79 Å². The van der Waals surface area contributed by atoms with E-state index in [2.05, 4.69) is 10.6 Å². The summed E-state index contributed by atoms with van der Waals surface area (Å²) >= 11 is 0. The smallest absolute Gasteiger partial charge is 0.326 e. The van der Waals surface area contributed by atoms with Crippen LogP contribution < -0.4 is 22.1 Å². The molecule has 1 aliphatic rings. The number of nitrogens with two attached hydrogens (primary N) is 2. The van der Waals surface area contributed by atoms with Crippen LogP contribution in [0.3, 0.4) is 0 Å². The van der Waals surface area contributed by atoms with E-state index < -0.39 is 42.0 Å². The number of rotatable bonds is 13. The number of likely N-dealkylation sites (tertiary alicyclic amines) is 1. The first kappa shape index (κ1) is 27.8. The van der Waals surface area contributed by atoms with Crippen LogP contribution >= 0.6 is 0 Å². The third-order valence-electron chi connectivity index (χ3n) is 6.19. The number of amides is 3. The molecule has 1 heterocycles. The predicted molar refractivity (Wildman–Crippen MR) is 121 cm³/mol. The Bertz CT molecular complexity index is 657. The highest BCUT2D eigenvalue weighted by Crippen LogP contribution is 2.21. The van der Waals surface area contributed by atoms with Gasteiger partial charge in [-0.15, -0.1) is 0 Å². The number of hydrogen-bond acceptors (Lipinski definition) is 6. The lowest BCUT2D eigenvalue weighted by Crippen LogP contribution is -2.57. The fourth-order valence-electron chi connectivity index (χ4n) is 3.80. The molecule has 10 heteroatoms. The van der Waals surface area contributed by atoms with Crippen LogP contribution in [0.2, 0.25) is 0 Å². The van der Waals surface area contributed by atoms with E-state index in [0.29, 0.717) is 45.2 Å². The summed E-state index contributed by atoms with van der Waals surface area (Å²) in [5.41, 5.74) is 11.6. The van der Waals surface area contributed by atoms with Crippen molar-refractivity contribution in [3.8, 4) is 0 Å². The van der Waals surface area contributed by atoms with Crippen molar-refractivity contribution in [1.82, 2.24) is 15.5 Å². The maximum atomic E-state index is 13.3. The van der Waals surface area contributed by atoms with E-state index in [1.54, 1.807) is 13.8 Å². The number of hydrogen-bond donors (Lipinski definition) is 5. The van der Waals surface area contributed by atoms with Crippen molar-refractivity contribution in [2.75, 3.05) is 13.1 Å². The van der Waals surface area contributed by atoms with Gasteiger partial charge in [-0.2, -0.15) is 0 Å². The number of nitrogens with zero attached hydrogens (tertiary/aromatic N) is 1. The van der Waals surface area contributed by atoms with Gasteiger partial charge in [0.1, 0.15) is 18.1 Å². The van der Waals surface area contributed by atoms with Crippen molar-refractivity contribution >= 4 is 23.7 Å². The Morgan fingerprint density at radius 1 is 1.12 bits per heavy atom. The molecular formula is C22H41N5O5. The molecule has 5 atom stereocenters. The lowest BCUT2D eigenvalue weighted by Gasteiger charge is -2.31. The van der Waals surface area contributed by atoms with Crippen LogP contribution in [-0.2, 0) is 19.2 Å².